The Morgan fingerprint density at radius 1 is 0.315 bits per heavy atom. The zero-order chi connectivity index (χ0) is 35.6. The molecule has 0 spiro atoms. The molecule has 10 aromatic rings. The minimum absolute atomic E-state index is 1.10. The third-order valence-corrected chi connectivity index (χ3v) is 11.7. The van der Waals surface area contributed by atoms with Crippen molar-refractivity contribution in [3.63, 3.8) is 0 Å². The average molecular weight is 685 g/mol. The standard InChI is InChI=1S/C54H36/c1-3-15-38-32-41(28-26-35(38)12-1)53-49-19-7-8-20-50(49)54(42-29-27-36-13-2-4-16-39(36)33-42)52-34-40(30-31-51(52)53)44-21-10-24-48-46(44)23-11-25-47(48)45-22-9-17-37-14-5-6-18-43(37)45/h1-4,6-13,15-34H,5,14H2. The zero-order valence-electron chi connectivity index (χ0n) is 29.9. The summed E-state index contributed by atoms with van der Waals surface area (Å²) in [5.41, 5.74) is 12.9. The number of aryl methyl sites for hydroxylation is 1. The van der Waals surface area contributed by atoms with Gasteiger partial charge in [0.05, 0.1) is 0 Å². The Hall–Kier alpha value is -6.76. The van der Waals surface area contributed by atoms with Gasteiger partial charge in [0, 0.05) is 0 Å². The molecule has 0 saturated heterocycles. The third kappa shape index (κ3) is 4.91. The van der Waals surface area contributed by atoms with Crippen molar-refractivity contribution in [2.45, 2.75) is 12.8 Å². The zero-order valence-corrected chi connectivity index (χ0v) is 29.9. The Labute approximate surface area is 315 Å². The maximum Gasteiger partial charge on any atom is -0.00259 e. The Balaban J connectivity index is 1.20. The van der Waals surface area contributed by atoms with Crippen LogP contribution >= 0.6 is 0 Å². The molecular weight excluding hydrogens is 649 g/mol. The van der Waals surface area contributed by atoms with E-state index in [-0.39, 0.29) is 0 Å². The lowest BCUT2D eigenvalue weighted by molar-refractivity contribution is 0.986. The van der Waals surface area contributed by atoms with Gasteiger partial charge in [0.2, 0.25) is 0 Å². The van der Waals surface area contributed by atoms with Crippen molar-refractivity contribution >= 4 is 59.9 Å². The van der Waals surface area contributed by atoms with Gasteiger partial charge in [-0.3, -0.25) is 0 Å². The van der Waals surface area contributed by atoms with Crippen molar-refractivity contribution in [2.24, 2.45) is 0 Å². The first kappa shape index (κ1) is 30.8. The molecule has 0 fully saturated rings. The number of fused-ring (bicyclic) bond motifs is 6. The van der Waals surface area contributed by atoms with E-state index in [0.717, 1.165) is 12.8 Å². The highest BCUT2D eigenvalue weighted by Crippen LogP contribution is 2.46. The van der Waals surface area contributed by atoms with Gasteiger partial charge in [0.1, 0.15) is 0 Å². The first-order valence-corrected chi connectivity index (χ1v) is 19.1. The number of allylic oxidation sites excluding steroid dienone is 1. The van der Waals surface area contributed by atoms with Gasteiger partial charge in [-0.1, -0.05) is 176 Å². The SMILES string of the molecule is C1=Cc2c(cccc2-c2cccc3c(-c4ccc5c(-c6ccc7ccccc7c6)c6ccccc6c(-c6ccc7ccccc7c6)c5c4)cccc23)CC1. The molecule has 0 bridgehead atoms. The fourth-order valence-corrected chi connectivity index (χ4v) is 9.16. The molecule has 0 nitrogen and oxygen atoms in total. The summed E-state index contributed by atoms with van der Waals surface area (Å²) < 4.78 is 0. The lowest BCUT2D eigenvalue weighted by Crippen LogP contribution is -1.97. The van der Waals surface area contributed by atoms with E-state index in [4.69, 9.17) is 0 Å². The van der Waals surface area contributed by atoms with Gasteiger partial charge in [-0.2, -0.15) is 0 Å². The molecule has 0 aromatic heterocycles. The molecule has 0 radical (unpaired) electrons. The maximum absolute atomic E-state index is 2.46. The molecule has 0 heterocycles. The Morgan fingerprint density at radius 3 is 1.54 bits per heavy atom. The number of hydrogen-bond acceptors (Lipinski definition) is 0. The number of hydrogen-bond donors (Lipinski definition) is 0. The van der Waals surface area contributed by atoms with Crippen LogP contribution in [-0.2, 0) is 6.42 Å². The molecule has 0 saturated carbocycles. The van der Waals surface area contributed by atoms with Crippen LogP contribution in [0.1, 0.15) is 17.5 Å². The molecule has 1 aliphatic carbocycles. The van der Waals surface area contributed by atoms with Crippen LogP contribution in [-0.4, -0.2) is 0 Å². The molecular formula is C54H36. The fraction of sp³-hybridized carbons (Fsp3) is 0.0370. The minimum Gasteiger partial charge on any atom is -0.0836 e. The summed E-state index contributed by atoms with van der Waals surface area (Å²) in [6.07, 6.45) is 6.85. The molecule has 11 rings (SSSR count). The lowest BCUT2D eigenvalue weighted by Gasteiger charge is -2.20. The van der Waals surface area contributed by atoms with Crippen LogP contribution in [0.2, 0.25) is 0 Å². The van der Waals surface area contributed by atoms with Gasteiger partial charge in [-0.15, -0.1) is 0 Å². The molecule has 0 atom stereocenters. The Kier molecular flexibility index (Phi) is 7.10. The topological polar surface area (TPSA) is 0 Å². The first-order valence-electron chi connectivity index (χ1n) is 19.1. The number of rotatable bonds is 4. The average Bonchev–Trinajstić information content (AvgIpc) is 3.24. The molecule has 0 amide bonds. The Morgan fingerprint density at radius 2 is 0.833 bits per heavy atom. The molecule has 54 heavy (non-hydrogen) atoms. The summed E-state index contributed by atoms with van der Waals surface area (Å²) in [7, 11) is 0. The van der Waals surface area contributed by atoms with Gasteiger partial charge < -0.3 is 0 Å². The summed E-state index contributed by atoms with van der Waals surface area (Å²) in [5.74, 6) is 0. The van der Waals surface area contributed by atoms with Crippen molar-refractivity contribution in [1.29, 1.82) is 0 Å². The van der Waals surface area contributed by atoms with E-state index in [9.17, 15) is 0 Å². The van der Waals surface area contributed by atoms with Gasteiger partial charge in [-0.05, 0) is 141 Å². The smallest absolute Gasteiger partial charge is 0.00259 e. The van der Waals surface area contributed by atoms with E-state index < -0.39 is 0 Å². The lowest BCUT2D eigenvalue weighted by atomic mass is 9.83. The normalized spacial score (nSPS) is 12.6. The van der Waals surface area contributed by atoms with E-state index >= 15 is 0 Å². The van der Waals surface area contributed by atoms with Gasteiger partial charge >= 0.3 is 0 Å². The maximum atomic E-state index is 2.46. The summed E-state index contributed by atoms with van der Waals surface area (Å²) in [6, 6.07) is 67.9. The molecule has 0 N–H and O–H groups in total. The van der Waals surface area contributed by atoms with E-state index in [0.29, 0.717) is 0 Å². The van der Waals surface area contributed by atoms with Crippen molar-refractivity contribution in [3.05, 3.63) is 199 Å². The number of benzene rings is 10. The van der Waals surface area contributed by atoms with E-state index in [1.165, 1.54) is 109 Å². The van der Waals surface area contributed by atoms with Crippen molar-refractivity contribution in [3.8, 4) is 44.5 Å². The quantitative estimate of drug-likeness (QED) is 0.162. The summed E-state index contributed by atoms with van der Waals surface area (Å²) in [5, 5.41) is 12.6. The van der Waals surface area contributed by atoms with E-state index in [1.807, 2.05) is 0 Å². The monoisotopic (exact) mass is 684 g/mol. The van der Waals surface area contributed by atoms with Crippen LogP contribution in [0.15, 0.2) is 188 Å². The van der Waals surface area contributed by atoms with Crippen LogP contribution in [0.5, 0.6) is 0 Å². The van der Waals surface area contributed by atoms with Crippen LogP contribution in [0, 0.1) is 0 Å². The second kappa shape index (κ2) is 12.4. The van der Waals surface area contributed by atoms with E-state index in [1.54, 1.807) is 0 Å². The predicted molar refractivity (Wildman–Crippen MR) is 233 cm³/mol. The van der Waals surface area contributed by atoms with E-state index in [2.05, 4.69) is 194 Å². The second-order valence-corrected chi connectivity index (χ2v) is 14.7. The fourth-order valence-electron chi connectivity index (χ4n) is 9.16. The highest BCUT2D eigenvalue weighted by Gasteiger charge is 2.19. The van der Waals surface area contributed by atoms with Crippen molar-refractivity contribution in [2.75, 3.05) is 0 Å². The van der Waals surface area contributed by atoms with Crippen LogP contribution in [0.3, 0.4) is 0 Å². The molecule has 0 unspecified atom stereocenters. The highest BCUT2D eigenvalue weighted by atomic mass is 14.2. The summed E-state index contributed by atoms with van der Waals surface area (Å²) in [6.45, 7) is 0. The molecule has 10 aromatic carbocycles. The van der Waals surface area contributed by atoms with Crippen LogP contribution in [0.25, 0.3) is 104 Å². The molecule has 252 valence electrons. The van der Waals surface area contributed by atoms with Gasteiger partial charge in [0.15, 0.2) is 0 Å². The molecule has 1 aliphatic rings. The van der Waals surface area contributed by atoms with Crippen molar-refractivity contribution < 1.29 is 0 Å². The Bertz CT molecular complexity index is 3160. The highest BCUT2D eigenvalue weighted by molar-refractivity contribution is 6.23. The first-order chi connectivity index (χ1) is 26.8. The van der Waals surface area contributed by atoms with Crippen LogP contribution < -0.4 is 0 Å². The van der Waals surface area contributed by atoms with Crippen LogP contribution in [0.4, 0.5) is 0 Å². The summed E-state index contributed by atoms with van der Waals surface area (Å²) in [4.78, 5) is 0. The predicted octanol–water partition coefficient (Wildman–Crippen LogP) is 15.1. The minimum atomic E-state index is 1.10. The largest absolute Gasteiger partial charge is 0.0836 e. The van der Waals surface area contributed by atoms with Crippen molar-refractivity contribution in [1.82, 2.24) is 0 Å². The van der Waals surface area contributed by atoms with Gasteiger partial charge in [0.25, 0.3) is 0 Å². The molecule has 0 heteroatoms. The summed E-state index contributed by atoms with van der Waals surface area (Å²) >= 11 is 0. The third-order valence-electron chi connectivity index (χ3n) is 11.7. The van der Waals surface area contributed by atoms with Gasteiger partial charge in [-0.25, -0.2) is 0 Å². The molecule has 0 aliphatic heterocycles. The second-order valence-electron chi connectivity index (χ2n) is 14.7.